The fourth-order valence-corrected chi connectivity index (χ4v) is 4.96. The largest absolute Gasteiger partial charge is 0.340 e. The molecule has 29 heavy (non-hydrogen) atoms. The van der Waals surface area contributed by atoms with Crippen molar-refractivity contribution in [2.75, 3.05) is 36.5 Å². The molecule has 0 bridgehead atoms. The third-order valence-electron chi connectivity index (χ3n) is 5.58. The van der Waals surface area contributed by atoms with Gasteiger partial charge in [-0.05, 0) is 49.2 Å². The molecule has 2 aromatic carbocycles. The van der Waals surface area contributed by atoms with Gasteiger partial charge in [0.25, 0.3) is 5.91 Å². The number of likely N-dealkylation sites (tertiary alicyclic amines) is 1. The van der Waals surface area contributed by atoms with E-state index in [-0.39, 0.29) is 17.9 Å². The van der Waals surface area contributed by atoms with E-state index >= 15 is 0 Å². The Kier molecular flexibility index (Phi) is 6.52. The number of hydrogen-bond donors (Lipinski definition) is 1. The molecule has 1 N–H and O–H groups in total. The number of carbonyl (C=O) groups excluding carboxylic acids is 2. The Labute approximate surface area is 176 Å². The second-order valence-electron chi connectivity index (χ2n) is 7.59. The van der Waals surface area contributed by atoms with Gasteiger partial charge in [-0.1, -0.05) is 30.3 Å². The van der Waals surface area contributed by atoms with Crippen LogP contribution in [0.1, 0.15) is 28.8 Å². The first-order valence-corrected chi connectivity index (χ1v) is 11.4. The van der Waals surface area contributed by atoms with Crippen LogP contribution >= 0.6 is 11.8 Å². The lowest BCUT2D eigenvalue weighted by molar-refractivity contribution is -0.135. The number of amides is 2. The molecular weight excluding hydrogens is 382 g/mol. The second-order valence-corrected chi connectivity index (χ2v) is 8.81. The Bertz CT molecular complexity index is 852. The van der Waals surface area contributed by atoms with Crippen molar-refractivity contribution in [1.29, 1.82) is 0 Å². The van der Waals surface area contributed by atoms with E-state index in [9.17, 15) is 9.59 Å². The molecule has 0 aliphatic carbocycles. The van der Waals surface area contributed by atoms with Crippen LogP contribution in [0.25, 0.3) is 0 Å². The van der Waals surface area contributed by atoms with Crippen LogP contribution in [-0.4, -0.2) is 58.8 Å². The van der Waals surface area contributed by atoms with Gasteiger partial charge >= 0.3 is 0 Å². The van der Waals surface area contributed by atoms with Gasteiger partial charge in [0.05, 0.1) is 6.04 Å². The predicted octanol–water partition coefficient (Wildman–Crippen LogP) is 3.48. The molecule has 5 nitrogen and oxygen atoms in total. The summed E-state index contributed by atoms with van der Waals surface area (Å²) in [6.07, 6.45) is 1.98. The monoisotopic (exact) mass is 409 g/mol. The van der Waals surface area contributed by atoms with E-state index in [0.29, 0.717) is 12.1 Å². The minimum Gasteiger partial charge on any atom is -0.340 e. The van der Waals surface area contributed by atoms with Crippen molar-refractivity contribution in [2.24, 2.45) is 0 Å². The van der Waals surface area contributed by atoms with Gasteiger partial charge in [-0.3, -0.25) is 14.5 Å². The number of thioether (sulfide) groups is 1. The smallest absolute Gasteiger partial charge is 0.255 e. The molecule has 2 fully saturated rings. The van der Waals surface area contributed by atoms with E-state index in [4.69, 9.17) is 0 Å². The fourth-order valence-electron chi connectivity index (χ4n) is 4.06. The molecule has 2 heterocycles. The lowest BCUT2D eigenvalue weighted by Crippen LogP contribution is -2.48. The maximum Gasteiger partial charge on any atom is 0.255 e. The quantitative estimate of drug-likeness (QED) is 0.822. The molecule has 2 aliphatic rings. The average Bonchev–Trinajstić information content (AvgIpc) is 3.23. The van der Waals surface area contributed by atoms with E-state index in [0.717, 1.165) is 55.2 Å². The van der Waals surface area contributed by atoms with Gasteiger partial charge in [-0.2, -0.15) is 11.8 Å². The van der Waals surface area contributed by atoms with E-state index in [1.165, 1.54) is 0 Å². The zero-order chi connectivity index (χ0) is 20.1. The Morgan fingerprint density at radius 3 is 2.59 bits per heavy atom. The molecule has 2 saturated heterocycles. The topological polar surface area (TPSA) is 52.7 Å². The van der Waals surface area contributed by atoms with E-state index in [2.05, 4.69) is 10.2 Å². The van der Waals surface area contributed by atoms with Crippen molar-refractivity contribution in [1.82, 2.24) is 9.80 Å². The summed E-state index contributed by atoms with van der Waals surface area (Å²) in [5.74, 6) is 2.24. The van der Waals surface area contributed by atoms with Gasteiger partial charge in [0.1, 0.15) is 0 Å². The standard InChI is InChI=1S/C23H27N3O2S/c27-22(24-20-8-2-1-3-9-20)19-7-4-6-18(16-19)17-26-11-5-10-21(26)23(28)25-12-14-29-15-13-25/h1-4,6-9,16,21H,5,10-15,17H2,(H,24,27). The summed E-state index contributed by atoms with van der Waals surface area (Å²) >= 11 is 1.92. The number of hydrogen-bond acceptors (Lipinski definition) is 4. The number of nitrogens with zero attached hydrogens (tertiary/aromatic N) is 2. The molecule has 0 aromatic heterocycles. The highest BCUT2D eigenvalue weighted by molar-refractivity contribution is 7.99. The molecule has 1 unspecified atom stereocenters. The minimum atomic E-state index is -0.113. The van der Waals surface area contributed by atoms with Crippen LogP contribution in [-0.2, 0) is 11.3 Å². The van der Waals surface area contributed by atoms with Gasteiger partial charge in [0.2, 0.25) is 5.91 Å². The van der Waals surface area contributed by atoms with Gasteiger partial charge in [0, 0.05) is 42.4 Å². The van der Waals surface area contributed by atoms with Crippen LogP contribution in [0.15, 0.2) is 54.6 Å². The summed E-state index contributed by atoms with van der Waals surface area (Å²) in [5, 5.41) is 2.93. The van der Waals surface area contributed by atoms with Crippen LogP contribution in [0.5, 0.6) is 0 Å². The number of benzene rings is 2. The highest BCUT2D eigenvalue weighted by atomic mass is 32.2. The van der Waals surface area contributed by atoms with Crippen molar-refractivity contribution >= 4 is 29.3 Å². The molecule has 2 aromatic rings. The van der Waals surface area contributed by atoms with E-state index in [1.54, 1.807) is 0 Å². The zero-order valence-corrected chi connectivity index (χ0v) is 17.4. The summed E-state index contributed by atoms with van der Waals surface area (Å²) in [6.45, 7) is 3.36. The minimum absolute atomic E-state index is 0.0279. The average molecular weight is 410 g/mol. The predicted molar refractivity (Wildman–Crippen MR) is 118 cm³/mol. The van der Waals surface area contributed by atoms with Crippen LogP contribution in [0.4, 0.5) is 5.69 Å². The Hall–Kier alpha value is -2.31. The molecule has 0 saturated carbocycles. The van der Waals surface area contributed by atoms with Crippen LogP contribution < -0.4 is 5.32 Å². The molecule has 0 radical (unpaired) electrons. The highest BCUT2D eigenvalue weighted by Gasteiger charge is 2.34. The lowest BCUT2D eigenvalue weighted by Gasteiger charge is -2.32. The molecule has 2 aliphatic heterocycles. The number of para-hydroxylation sites is 1. The lowest BCUT2D eigenvalue weighted by atomic mass is 10.1. The second kappa shape index (κ2) is 9.46. The summed E-state index contributed by atoms with van der Waals surface area (Å²) in [6, 6.07) is 17.2. The van der Waals surface area contributed by atoms with Gasteiger partial charge in [-0.15, -0.1) is 0 Å². The summed E-state index contributed by atoms with van der Waals surface area (Å²) < 4.78 is 0. The van der Waals surface area contributed by atoms with Crippen molar-refractivity contribution in [2.45, 2.75) is 25.4 Å². The summed E-state index contributed by atoms with van der Waals surface area (Å²) in [7, 11) is 0. The Morgan fingerprint density at radius 1 is 1.00 bits per heavy atom. The maximum atomic E-state index is 13.0. The van der Waals surface area contributed by atoms with Gasteiger partial charge in [0.15, 0.2) is 0 Å². The van der Waals surface area contributed by atoms with E-state index < -0.39 is 0 Å². The number of nitrogens with one attached hydrogen (secondary N) is 1. The first-order chi connectivity index (χ1) is 14.2. The van der Waals surface area contributed by atoms with Crippen molar-refractivity contribution in [3.05, 3.63) is 65.7 Å². The maximum absolute atomic E-state index is 13.0. The third kappa shape index (κ3) is 5.00. The molecule has 1 atom stereocenters. The highest BCUT2D eigenvalue weighted by Crippen LogP contribution is 2.24. The Balaban J connectivity index is 1.41. The third-order valence-corrected chi connectivity index (χ3v) is 6.52. The van der Waals surface area contributed by atoms with Crippen molar-refractivity contribution in [3.8, 4) is 0 Å². The normalized spacial score (nSPS) is 19.9. The number of carbonyl (C=O) groups is 2. The van der Waals surface area contributed by atoms with Crippen LogP contribution in [0, 0.1) is 0 Å². The molecule has 4 rings (SSSR count). The van der Waals surface area contributed by atoms with E-state index in [1.807, 2.05) is 71.3 Å². The number of rotatable bonds is 5. The molecule has 0 spiro atoms. The van der Waals surface area contributed by atoms with Crippen molar-refractivity contribution < 1.29 is 9.59 Å². The zero-order valence-electron chi connectivity index (χ0n) is 16.5. The van der Waals surface area contributed by atoms with Gasteiger partial charge in [-0.25, -0.2) is 0 Å². The first-order valence-electron chi connectivity index (χ1n) is 10.3. The molecule has 2 amide bonds. The van der Waals surface area contributed by atoms with Crippen LogP contribution in [0.3, 0.4) is 0 Å². The SMILES string of the molecule is O=C(Nc1ccccc1)c1cccc(CN2CCCC2C(=O)N2CCSCC2)c1. The summed E-state index contributed by atoms with van der Waals surface area (Å²) in [4.78, 5) is 29.9. The number of anilines is 1. The fraction of sp³-hybridized carbons (Fsp3) is 0.391. The molecular formula is C23H27N3O2S. The van der Waals surface area contributed by atoms with Crippen LogP contribution in [0.2, 0.25) is 0 Å². The van der Waals surface area contributed by atoms with Gasteiger partial charge < -0.3 is 10.2 Å². The first kappa shape index (κ1) is 20.0. The summed E-state index contributed by atoms with van der Waals surface area (Å²) in [5.41, 5.74) is 2.49. The molecule has 6 heteroatoms. The molecule has 152 valence electrons. The van der Waals surface area contributed by atoms with Crippen molar-refractivity contribution in [3.63, 3.8) is 0 Å². The Morgan fingerprint density at radius 2 is 1.79 bits per heavy atom.